The smallest absolute Gasteiger partial charge is 0.276 e. The molecule has 1 aromatic heterocycles. The van der Waals surface area contributed by atoms with Crippen molar-refractivity contribution in [2.75, 3.05) is 32.7 Å². The fraction of sp³-hybridized carbons (Fsp3) is 0.484. The zero-order chi connectivity index (χ0) is 26.8. The van der Waals surface area contributed by atoms with E-state index in [0.717, 1.165) is 70.5 Å². The van der Waals surface area contributed by atoms with Gasteiger partial charge in [-0.25, -0.2) is 0 Å². The molecular weight excluding hydrogens is 488 g/mol. The van der Waals surface area contributed by atoms with Crippen LogP contribution in [0.15, 0.2) is 60.7 Å². The minimum atomic E-state index is -0.0191. The van der Waals surface area contributed by atoms with Gasteiger partial charge in [-0.1, -0.05) is 61.4 Å². The summed E-state index contributed by atoms with van der Waals surface area (Å²) in [5, 5.41) is 12.4. The molecule has 39 heavy (non-hydrogen) atoms. The van der Waals surface area contributed by atoms with E-state index in [2.05, 4.69) is 44.7 Å². The molecule has 0 spiro atoms. The summed E-state index contributed by atoms with van der Waals surface area (Å²) in [6.45, 7) is 6.30. The molecule has 2 amide bonds. The summed E-state index contributed by atoms with van der Waals surface area (Å²) in [5.41, 5.74) is 3.13. The molecule has 2 aliphatic heterocycles. The first kappa shape index (κ1) is 25.7. The number of benzene rings is 2. The summed E-state index contributed by atoms with van der Waals surface area (Å²) in [4.78, 5) is 32.3. The van der Waals surface area contributed by atoms with E-state index >= 15 is 0 Å². The van der Waals surface area contributed by atoms with Gasteiger partial charge in [-0.05, 0) is 55.7 Å². The molecule has 3 aromatic rings. The second-order valence-corrected chi connectivity index (χ2v) is 11.5. The largest absolute Gasteiger partial charge is 0.349 e. The van der Waals surface area contributed by atoms with Gasteiger partial charge >= 0.3 is 0 Å². The Morgan fingerprint density at radius 3 is 2.21 bits per heavy atom. The lowest BCUT2D eigenvalue weighted by atomic mass is 10.0. The van der Waals surface area contributed by atoms with Crippen molar-refractivity contribution in [2.24, 2.45) is 17.8 Å². The normalized spacial score (nSPS) is 22.2. The molecule has 1 saturated carbocycles. The van der Waals surface area contributed by atoms with Crippen molar-refractivity contribution in [1.82, 2.24) is 30.1 Å². The molecule has 204 valence electrons. The zero-order valence-corrected chi connectivity index (χ0v) is 22.7. The number of aromatic nitrogens is 3. The van der Waals surface area contributed by atoms with Crippen LogP contribution in [-0.4, -0.2) is 69.3 Å². The van der Waals surface area contributed by atoms with Gasteiger partial charge in [-0.3, -0.25) is 9.59 Å². The SMILES string of the molecule is Cc1nn(-c2ccccc2)nc1C(=O)N1CC2CN(CCC(NC(=O)C3CCCC3)c3ccccc3)C[C@H]2C1. The van der Waals surface area contributed by atoms with E-state index < -0.39 is 0 Å². The van der Waals surface area contributed by atoms with Crippen LogP contribution in [0.4, 0.5) is 0 Å². The Bertz CT molecular complexity index is 1270. The predicted molar refractivity (Wildman–Crippen MR) is 149 cm³/mol. The highest BCUT2D eigenvalue weighted by Crippen LogP contribution is 2.33. The number of carbonyl (C=O) groups is 2. The lowest BCUT2D eigenvalue weighted by Gasteiger charge is -2.25. The Morgan fingerprint density at radius 1 is 0.897 bits per heavy atom. The molecule has 3 atom stereocenters. The van der Waals surface area contributed by atoms with E-state index in [-0.39, 0.29) is 23.8 Å². The topological polar surface area (TPSA) is 83.4 Å². The quantitative estimate of drug-likeness (QED) is 0.480. The maximum atomic E-state index is 13.4. The summed E-state index contributed by atoms with van der Waals surface area (Å²) in [5.74, 6) is 1.31. The molecule has 0 radical (unpaired) electrons. The van der Waals surface area contributed by atoms with E-state index in [0.29, 0.717) is 23.2 Å². The second-order valence-electron chi connectivity index (χ2n) is 11.5. The van der Waals surface area contributed by atoms with Crippen molar-refractivity contribution in [3.63, 3.8) is 0 Å². The predicted octanol–water partition coefficient (Wildman–Crippen LogP) is 4.02. The molecule has 1 N–H and O–H groups in total. The number of amides is 2. The molecule has 2 unspecified atom stereocenters. The monoisotopic (exact) mass is 526 g/mol. The van der Waals surface area contributed by atoms with Gasteiger partial charge in [0.25, 0.3) is 5.91 Å². The lowest BCUT2D eigenvalue weighted by Crippen LogP contribution is -2.36. The molecule has 3 heterocycles. The molecule has 0 bridgehead atoms. The minimum absolute atomic E-state index is 0.0191. The van der Waals surface area contributed by atoms with Crippen molar-refractivity contribution in [3.8, 4) is 5.69 Å². The Morgan fingerprint density at radius 2 is 1.54 bits per heavy atom. The van der Waals surface area contributed by atoms with Gasteiger partial charge in [0.15, 0.2) is 5.69 Å². The van der Waals surface area contributed by atoms with Crippen molar-refractivity contribution in [3.05, 3.63) is 77.6 Å². The van der Waals surface area contributed by atoms with Crippen LogP contribution >= 0.6 is 0 Å². The summed E-state index contributed by atoms with van der Waals surface area (Å²) in [7, 11) is 0. The van der Waals surface area contributed by atoms with Gasteiger partial charge in [0.05, 0.1) is 17.4 Å². The van der Waals surface area contributed by atoms with Crippen molar-refractivity contribution in [2.45, 2.75) is 45.1 Å². The van der Waals surface area contributed by atoms with Gasteiger partial charge in [0.1, 0.15) is 0 Å². The third-order valence-corrected chi connectivity index (χ3v) is 8.80. The van der Waals surface area contributed by atoms with Gasteiger partial charge in [-0.15, -0.1) is 5.10 Å². The van der Waals surface area contributed by atoms with E-state index in [1.807, 2.05) is 48.2 Å². The van der Waals surface area contributed by atoms with Crippen LogP contribution in [0, 0.1) is 24.7 Å². The minimum Gasteiger partial charge on any atom is -0.349 e. The Hall–Kier alpha value is -3.52. The standard InChI is InChI=1S/C31H38N6O2/c1-22-29(34-37(33-22)27-14-6-3-7-15-27)31(39)36-20-25-18-35(19-26(25)21-36)17-16-28(23-10-4-2-5-11-23)32-30(38)24-12-8-9-13-24/h2-7,10-11,14-15,24-26,28H,8-9,12-13,16-21H2,1H3,(H,32,38)/t25-,26?,28?/m0/s1. The number of hydrogen-bond donors (Lipinski definition) is 1. The molecule has 1 aliphatic carbocycles. The van der Waals surface area contributed by atoms with E-state index in [1.54, 1.807) is 4.80 Å². The molecule has 2 aromatic carbocycles. The highest BCUT2D eigenvalue weighted by atomic mass is 16.2. The third kappa shape index (κ3) is 5.62. The van der Waals surface area contributed by atoms with Gasteiger partial charge < -0.3 is 15.1 Å². The number of para-hydroxylation sites is 1. The number of likely N-dealkylation sites (tertiary alicyclic amines) is 2. The Balaban J connectivity index is 1.04. The van der Waals surface area contributed by atoms with Crippen LogP contribution < -0.4 is 5.32 Å². The highest BCUT2D eigenvalue weighted by molar-refractivity contribution is 5.93. The van der Waals surface area contributed by atoms with Crippen molar-refractivity contribution >= 4 is 11.8 Å². The van der Waals surface area contributed by atoms with Crippen molar-refractivity contribution in [1.29, 1.82) is 0 Å². The number of nitrogens with one attached hydrogen (secondary N) is 1. The van der Waals surface area contributed by atoms with Crippen LogP contribution in [0.5, 0.6) is 0 Å². The number of aryl methyl sites for hydroxylation is 1. The first-order valence-corrected chi connectivity index (χ1v) is 14.4. The number of rotatable bonds is 8. The number of hydrogen-bond acceptors (Lipinski definition) is 5. The van der Waals surface area contributed by atoms with Crippen LogP contribution in [0.25, 0.3) is 5.69 Å². The summed E-state index contributed by atoms with van der Waals surface area (Å²) >= 11 is 0. The molecule has 2 saturated heterocycles. The van der Waals surface area contributed by atoms with Crippen LogP contribution in [0.1, 0.15) is 59.9 Å². The van der Waals surface area contributed by atoms with E-state index in [1.165, 1.54) is 5.56 Å². The molecule has 6 rings (SSSR count). The fourth-order valence-corrected chi connectivity index (χ4v) is 6.64. The molecule has 8 nitrogen and oxygen atoms in total. The highest BCUT2D eigenvalue weighted by Gasteiger charge is 2.42. The summed E-state index contributed by atoms with van der Waals surface area (Å²) < 4.78 is 0. The molecule has 8 heteroatoms. The zero-order valence-electron chi connectivity index (χ0n) is 22.7. The van der Waals surface area contributed by atoms with Gasteiger partial charge in [-0.2, -0.15) is 9.90 Å². The average molecular weight is 527 g/mol. The van der Waals surface area contributed by atoms with Crippen LogP contribution in [-0.2, 0) is 4.79 Å². The molecule has 3 aliphatic rings. The van der Waals surface area contributed by atoms with Gasteiger partial charge in [0, 0.05) is 38.6 Å². The third-order valence-electron chi connectivity index (χ3n) is 8.80. The van der Waals surface area contributed by atoms with Crippen LogP contribution in [0.2, 0.25) is 0 Å². The fourth-order valence-electron chi connectivity index (χ4n) is 6.64. The maximum absolute atomic E-state index is 13.4. The summed E-state index contributed by atoms with van der Waals surface area (Å²) in [6.07, 6.45) is 5.25. The number of nitrogens with zero attached hydrogens (tertiary/aromatic N) is 5. The number of carbonyl (C=O) groups excluding carboxylic acids is 2. The Kier molecular flexibility index (Phi) is 7.46. The van der Waals surface area contributed by atoms with Crippen LogP contribution in [0.3, 0.4) is 0 Å². The first-order chi connectivity index (χ1) is 19.0. The average Bonchev–Trinajstić information content (AvgIpc) is 3.76. The number of fused-ring (bicyclic) bond motifs is 1. The Labute approximate surface area is 230 Å². The van der Waals surface area contributed by atoms with Gasteiger partial charge in [0.2, 0.25) is 5.91 Å². The lowest BCUT2D eigenvalue weighted by molar-refractivity contribution is -0.125. The van der Waals surface area contributed by atoms with Crippen molar-refractivity contribution < 1.29 is 9.59 Å². The van der Waals surface area contributed by atoms with E-state index in [9.17, 15) is 9.59 Å². The molecule has 3 fully saturated rings. The maximum Gasteiger partial charge on any atom is 0.276 e. The van der Waals surface area contributed by atoms with E-state index in [4.69, 9.17) is 0 Å². The molecular formula is C31H38N6O2. The first-order valence-electron chi connectivity index (χ1n) is 14.4. The second kappa shape index (κ2) is 11.3. The summed E-state index contributed by atoms with van der Waals surface area (Å²) in [6, 6.07) is 20.1.